The quantitative estimate of drug-likeness (QED) is 0.826. The van der Waals surface area contributed by atoms with E-state index in [2.05, 4.69) is 31.1 Å². The Bertz CT molecular complexity index is 413. The third-order valence-electron chi connectivity index (χ3n) is 4.15. The van der Waals surface area contributed by atoms with Crippen molar-refractivity contribution in [2.45, 2.75) is 45.8 Å². The van der Waals surface area contributed by atoms with Gasteiger partial charge < -0.3 is 10.1 Å². The van der Waals surface area contributed by atoms with Crippen molar-refractivity contribution >= 4 is 17.4 Å². The molecule has 1 heterocycles. The molecule has 0 bridgehead atoms. The van der Waals surface area contributed by atoms with Gasteiger partial charge in [0.25, 0.3) is 0 Å². The maximum absolute atomic E-state index is 5.90. The SMILES string of the molecule is CCOC1CC(Nc2cccc(Cl)n2)C1(C)CC. The van der Waals surface area contributed by atoms with E-state index < -0.39 is 0 Å². The van der Waals surface area contributed by atoms with Crippen LogP contribution in [0.5, 0.6) is 0 Å². The summed E-state index contributed by atoms with van der Waals surface area (Å²) in [6, 6.07) is 6.07. The smallest absolute Gasteiger partial charge is 0.131 e. The summed E-state index contributed by atoms with van der Waals surface area (Å²) in [7, 11) is 0. The molecule has 18 heavy (non-hydrogen) atoms. The van der Waals surface area contributed by atoms with Gasteiger partial charge in [0.05, 0.1) is 6.10 Å². The third kappa shape index (κ3) is 2.47. The Balaban J connectivity index is 2.03. The number of halogens is 1. The molecule has 1 aromatic heterocycles. The Hall–Kier alpha value is -0.800. The van der Waals surface area contributed by atoms with Crippen LogP contribution >= 0.6 is 11.6 Å². The first-order valence-electron chi connectivity index (χ1n) is 6.60. The summed E-state index contributed by atoms with van der Waals surface area (Å²) < 4.78 is 5.79. The predicted octanol–water partition coefficient (Wildman–Crippen LogP) is 3.74. The number of ether oxygens (including phenoxy) is 1. The Labute approximate surface area is 114 Å². The molecule has 4 heteroatoms. The fourth-order valence-electron chi connectivity index (χ4n) is 2.64. The highest BCUT2D eigenvalue weighted by atomic mass is 35.5. The monoisotopic (exact) mass is 268 g/mol. The topological polar surface area (TPSA) is 34.1 Å². The lowest BCUT2D eigenvalue weighted by Gasteiger charge is -2.53. The second kappa shape index (κ2) is 5.45. The van der Waals surface area contributed by atoms with Crippen LogP contribution in [0.15, 0.2) is 18.2 Å². The van der Waals surface area contributed by atoms with Crippen LogP contribution < -0.4 is 5.32 Å². The summed E-state index contributed by atoms with van der Waals surface area (Å²) in [5.74, 6) is 0.849. The lowest BCUT2D eigenvalue weighted by atomic mass is 9.61. The summed E-state index contributed by atoms with van der Waals surface area (Å²) >= 11 is 5.90. The van der Waals surface area contributed by atoms with Gasteiger partial charge in [-0.2, -0.15) is 0 Å². The summed E-state index contributed by atoms with van der Waals surface area (Å²) in [6.45, 7) is 7.32. The fourth-order valence-corrected chi connectivity index (χ4v) is 2.80. The zero-order valence-corrected chi connectivity index (χ0v) is 12.0. The maximum atomic E-state index is 5.90. The van der Waals surface area contributed by atoms with Gasteiger partial charge in [0.15, 0.2) is 0 Å². The lowest BCUT2D eigenvalue weighted by molar-refractivity contribution is -0.109. The summed E-state index contributed by atoms with van der Waals surface area (Å²) in [5.41, 5.74) is 0.181. The van der Waals surface area contributed by atoms with E-state index >= 15 is 0 Å². The van der Waals surface area contributed by atoms with E-state index in [1.165, 1.54) is 0 Å². The predicted molar refractivity (Wildman–Crippen MR) is 75.1 cm³/mol. The van der Waals surface area contributed by atoms with Crippen LogP contribution in [0.3, 0.4) is 0 Å². The van der Waals surface area contributed by atoms with Gasteiger partial charge in [-0.05, 0) is 31.9 Å². The van der Waals surface area contributed by atoms with Gasteiger partial charge in [-0.1, -0.05) is 31.5 Å². The number of anilines is 1. The Morgan fingerprint density at radius 1 is 1.50 bits per heavy atom. The Morgan fingerprint density at radius 3 is 2.89 bits per heavy atom. The summed E-state index contributed by atoms with van der Waals surface area (Å²) in [5, 5.41) is 4.00. The molecule has 1 aromatic rings. The maximum Gasteiger partial charge on any atom is 0.131 e. The van der Waals surface area contributed by atoms with Gasteiger partial charge in [0, 0.05) is 18.1 Å². The highest BCUT2D eigenvalue weighted by Crippen LogP contribution is 2.47. The van der Waals surface area contributed by atoms with Gasteiger partial charge >= 0.3 is 0 Å². The van der Waals surface area contributed by atoms with Crippen molar-refractivity contribution < 1.29 is 4.74 Å². The molecule has 100 valence electrons. The van der Waals surface area contributed by atoms with Gasteiger partial charge in [-0.15, -0.1) is 0 Å². The minimum absolute atomic E-state index is 0.181. The largest absolute Gasteiger partial charge is 0.378 e. The van der Waals surface area contributed by atoms with Gasteiger partial charge in [0.1, 0.15) is 11.0 Å². The molecule has 0 radical (unpaired) electrons. The average Bonchev–Trinajstić information content (AvgIpc) is 2.36. The van der Waals surface area contributed by atoms with E-state index in [1.807, 2.05) is 12.1 Å². The van der Waals surface area contributed by atoms with E-state index in [0.717, 1.165) is 25.3 Å². The molecule has 0 amide bonds. The van der Waals surface area contributed by atoms with E-state index in [0.29, 0.717) is 17.3 Å². The molecule has 2 rings (SSSR count). The van der Waals surface area contributed by atoms with E-state index in [4.69, 9.17) is 16.3 Å². The minimum atomic E-state index is 0.181. The number of aromatic nitrogens is 1. The number of nitrogens with zero attached hydrogens (tertiary/aromatic N) is 1. The highest BCUT2D eigenvalue weighted by molar-refractivity contribution is 6.29. The first kappa shape index (κ1) is 13.6. The second-order valence-electron chi connectivity index (χ2n) is 5.08. The van der Waals surface area contributed by atoms with Gasteiger partial charge in [-0.3, -0.25) is 0 Å². The van der Waals surface area contributed by atoms with Crippen LogP contribution in [0.4, 0.5) is 5.82 Å². The zero-order chi connectivity index (χ0) is 13.2. The molecule has 0 aromatic carbocycles. The molecule has 3 nitrogen and oxygen atoms in total. The van der Waals surface area contributed by atoms with Crippen LogP contribution in [0.2, 0.25) is 5.15 Å². The van der Waals surface area contributed by atoms with E-state index in [9.17, 15) is 0 Å². The van der Waals surface area contributed by atoms with Crippen LogP contribution in [0, 0.1) is 5.41 Å². The van der Waals surface area contributed by atoms with Crippen molar-refractivity contribution in [2.75, 3.05) is 11.9 Å². The van der Waals surface area contributed by atoms with Crippen LogP contribution in [0.25, 0.3) is 0 Å². The molecule has 1 aliphatic carbocycles. The van der Waals surface area contributed by atoms with E-state index in [1.54, 1.807) is 6.07 Å². The number of nitrogens with one attached hydrogen (secondary N) is 1. The van der Waals surface area contributed by atoms with Crippen LogP contribution in [-0.2, 0) is 4.74 Å². The first-order valence-corrected chi connectivity index (χ1v) is 6.98. The third-order valence-corrected chi connectivity index (χ3v) is 4.36. The first-order chi connectivity index (χ1) is 8.60. The minimum Gasteiger partial charge on any atom is -0.378 e. The molecule has 3 atom stereocenters. The molecule has 1 saturated carbocycles. The molecule has 1 aliphatic rings. The van der Waals surface area contributed by atoms with Crippen LogP contribution in [-0.4, -0.2) is 23.7 Å². The van der Waals surface area contributed by atoms with Crippen molar-refractivity contribution in [3.63, 3.8) is 0 Å². The Kier molecular flexibility index (Phi) is 4.13. The van der Waals surface area contributed by atoms with Crippen molar-refractivity contribution in [1.82, 2.24) is 4.98 Å². The fraction of sp³-hybridized carbons (Fsp3) is 0.643. The number of hydrogen-bond acceptors (Lipinski definition) is 3. The molecular weight excluding hydrogens is 248 g/mol. The van der Waals surface area contributed by atoms with E-state index in [-0.39, 0.29) is 5.41 Å². The summed E-state index contributed by atoms with van der Waals surface area (Å²) in [6.07, 6.45) is 2.48. The number of pyridine rings is 1. The molecular formula is C14H21ClN2O. The normalized spacial score (nSPS) is 30.9. The van der Waals surface area contributed by atoms with Crippen LogP contribution in [0.1, 0.15) is 33.6 Å². The number of rotatable bonds is 5. The summed E-state index contributed by atoms with van der Waals surface area (Å²) in [4.78, 5) is 4.28. The molecule has 0 saturated heterocycles. The highest BCUT2D eigenvalue weighted by Gasteiger charge is 2.51. The second-order valence-corrected chi connectivity index (χ2v) is 5.47. The van der Waals surface area contributed by atoms with Gasteiger partial charge in [-0.25, -0.2) is 4.98 Å². The molecule has 0 aliphatic heterocycles. The van der Waals surface area contributed by atoms with Crippen molar-refractivity contribution in [3.8, 4) is 0 Å². The zero-order valence-electron chi connectivity index (χ0n) is 11.2. The molecule has 1 fully saturated rings. The number of hydrogen-bond donors (Lipinski definition) is 1. The standard InChI is InChI=1S/C14H21ClN2O/c1-4-14(3)10(9-11(14)18-5-2)16-13-8-6-7-12(15)17-13/h6-8,10-11H,4-5,9H2,1-3H3,(H,16,17). The Morgan fingerprint density at radius 2 is 2.28 bits per heavy atom. The van der Waals surface area contributed by atoms with Gasteiger partial charge in [0.2, 0.25) is 0 Å². The molecule has 1 N–H and O–H groups in total. The molecule has 3 unspecified atom stereocenters. The molecule has 0 spiro atoms. The lowest BCUT2D eigenvalue weighted by Crippen LogP contribution is -2.59. The average molecular weight is 269 g/mol. The van der Waals surface area contributed by atoms with Crippen molar-refractivity contribution in [2.24, 2.45) is 5.41 Å². The van der Waals surface area contributed by atoms with Crippen molar-refractivity contribution in [3.05, 3.63) is 23.4 Å². The van der Waals surface area contributed by atoms with Crippen molar-refractivity contribution in [1.29, 1.82) is 0 Å².